The third-order valence-electron chi connectivity index (χ3n) is 7.64. The molecular weight excluding hydrogens is 579 g/mol. The van der Waals surface area contributed by atoms with Gasteiger partial charge in [-0.1, -0.05) is 48.5 Å². The number of hydrogen-bond donors (Lipinski definition) is 0. The minimum absolute atomic E-state index is 0.159. The Balaban J connectivity index is 1.44. The van der Waals surface area contributed by atoms with E-state index in [9.17, 15) is 23.6 Å². The number of allylic oxidation sites excluding steroid dienone is 2. The van der Waals surface area contributed by atoms with Crippen LogP contribution in [0.2, 0.25) is 0 Å². The molecule has 6 rings (SSSR count). The average Bonchev–Trinajstić information content (AvgIpc) is 3.44. The number of ketones is 2. The summed E-state index contributed by atoms with van der Waals surface area (Å²) in [5, 5.41) is 0. The van der Waals surface area contributed by atoms with Crippen molar-refractivity contribution >= 4 is 45.0 Å². The molecule has 7 nitrogen and oxygen atoms in total. The summed E-state index contributed by atoms with van der Waals surface area (Å²) in [6.07, 6.45) is 4.84. The van der Waals surface area contributed by atoms with E-state index in [2.05, 4.69) is 15.9 Å². The molecular formula is C31H22BrFN2O5. The molecule has 0 saturated carbocycles. The lowest BCUT2D eigenvalue weighted by atomic mass is 9.85. The van der Waals surface area contributed by atoms with Crippen molar-refractivity contribution in [1.29, 1.82) is 0 Å². The van der Waals surface area contributed by atoms with Gasteiger partial charge in [0, 0.05) is 22.9 Å². The number of fused-ring (bicyclic) bond motifs is 3. The van der Waals surface area contributed by atoms with Crippen LogP contribution in [0.25, 0.3) is 0 Å². The number of methoxy groups -OCH3 is 1. The second-order valence-electron chi connectivity index (χ2n) is 9.74. The van der Waals surface area contributed by atoms with Gasteiger partial charge >= 0.3 is 0 Å². The Kier molecular flexibility index (Phi) is 6.46. The summed E-state index contributed by atoms with van der Waals surface area (Å²) in [5.74, 6) is -4.16. The molecule has 0 unspecified atom stereocenters. The molecule has 2 amide bonds. The second-order valence-corrected chi connectivity index (χ2v) is 10.6. The summed E-state index contributed by atoms with van der Waals surface area (Å²) in [5.41, 5.74) is 0.966. The lowest BCUT2D eigenvalue weighted by Crippen LogP contribution is -2.46. The molecule has 0 aromatic heterocycles. The van der Waals surface area contributed by atoms with Crippen molar-refractivity contribution < 1.29 is 28.3 Å². The SMILES string of the molecule is COc1ccc(C(=O)[C@@H]2[C@@H]3C(=O)N(c4ccccc4F)C(=O)[C@H]3[C@H]3C=C(C(=O)c4ccccc4)C=CN32)cc1Br. The molecule has 200 valence electrons. The minimum atomic E-state index is -1.09. The third-order valence-corrected chi connectivity index (χ3v) is 8.26. The Morgan fingerprint density at radius 1 is 0.900 bits per heavy atom. The van der Waals surface area contributed by atoms with Gasteiger partial charge < -0.3 is 9.64 Å². The zero-order valence-electron chi connectivity index (χ0n) is 21.2. The molecule has 3 aliphatic rings. The van der Waals surface area contributed by atoms with Crippen LogP contribution in [-0.4, -0.2) is 47.5 Å². The number of para-hydroxylation sites is 1. The van der Waals surface area contributed by atoms with Crippen molar-refractivity contribution in [2.45, 2.75) is 12.1 Å². The fourth-order valence-electron chi connectivity index (χ4n) is 5.81. The fraction of sp³-hybridized carbons (Fsp3) is 0.161. The second kappa shape index (κ2) is 9.98. The van der Waals surface area contributed by atoms with Gasteiger partial charge in [-0.05, 0) is 52.3 Å². The van der Waals surface area contributed by atoms with Gasteiger partial charge in [0.25, 0.3) is 0 Å². The Morgan fingerprint density at radius 2 is 1.60 bits per heavy atom. The molecule has 9 heteroatoms. The number of ether oxygens (including phenoxy) is 1. The van der Waals surface area contributed by atoms with Crippen LogP contribution in [0.15, 0.2) is 101 Å². The molecule has 0 N–H and O–H groups in total. The van der Waals surface area contributed by atoms with Gasteiger partial charge in [0.2, 0.25) is 11.8 Å². The van der Waals surface area contributed by atoms with E-state index in [-0.39, 0.29) is 17.3 Å². The zero-order valence-corrected chi connectivity index (χ0v) is 22.7. The predicted octanol–water partition coefficient (Wildman–Crippen LogP) is 4.97. The number of carbonyl (C=O) groups excluding carboxylic acids is 4. The van der Waals surface area contributed by atoms with Gasteiger partial charge in [0.1, 0.15) is 17.6 Å². The smallest absolute Gasteiger partial charge is 0.240 e. The lowest BCUT2D eigenvalue weighted by Gasteiger charge is -2.33. The first kappa shape index (κ1) is 25.9. The molecule has 3 aromatic carbocycles. The highest BCUT2D eigenvalue weighted by Gasteiger charge is 2.63. The van der Waals surface area contributed by atoms with Crippen molar-refractivity contribution in [2.24, 2.45) is 11.8 Å². The van der Waals surface area contributed by atoms with E-state index < -0.39 is 41.6 Å². The van der Waals surface area contributed by atoms with Gasteiger partial charge in [-0.2, -0.15) is 0 Å². The average molecular weight is 601 g/mol. The molecule has 3 heterocycles. The molecule has 3 aromatic rings. The highest BCUT2D eigenvalue weighted by Crippen LogP contribution is 2.47. The Morgan fingerprint density at radius 3 is 2.30 bits per heavy atom. The molecule has 0 radical (unpaired) electrons. The number of amides is 2. The number of imide groups is 1. The standard InChI is InChI=1S/C31H22BrFN2O5/c1-40-24-12-11-18(15-20(24)32)29(37)27-26-25(30(38)35(31(26)39)22-10-6-5-9-21(22)33)23-16-19(13-14-34(23)27)28(36)17-7-3-2-4-8-17/h2-16,23,25-27H,1H3/t23-,25+,26-,27+/m1/s1. The van der Waals surface area contributed by atoms with E-state index in [0.717, 1.165) is 4.90 Å². The van der Waals surface area contributed by atoms with Gasteiger partial charge in [-0.25, -0.2) is 9.29 Å². The van der Waals surface area contributed by atoms with E-state index in [1.165, 1.54) is 31.4 Å². The molecule has 40 heavy (non-hydrogen) atoms. The van der Waals surface area contributed by atoms with Crippen molar-refractivity contribution in [3.8, 4) is 5.75 Å². The van der Waals surface area contributed by atoms with Crippen LogP contribution in [0.1, 0.15) is 20.7 Å². The van der Waals surface area contributed by atoms with Crippen molar-refractivity contribution in [1.82, 2.24) is 4.90 Å². The van der Waals surface area contributed by atoms with E-state index in [1.807, 2.05) is 0 Å². The maximum atomic E-state index is 14.8. The van der Waals surface area contributed by atoms with E-state index >= 15 is 0 Å². The van der Waals surface area contributed by atoms with Crippen molar-refractivity contribution in [2.75, 3.05) is 12.0 Å². The molecule has 0 aliphatic carbocycles. The first-order chi connectivity index (χ1) is 19.3. The molecule has 0 bridgehead atoms. The Hall–Kier alpha value is -4.37. The Bertz CT molecular complexity index is 1640. The van der Waals surface area contributed by atoms with Gasteiger partial charge in [0.15, 0.2) is 11.6 Å². The maximum absolute atomic E-state index is 14.8. The van der Waals surface area contributed by atoms with Gasteiger partial charge in [-0.15, -0.1) is 0 Å². The third kappa shape index (κ3) is 4.00. The number of carbonyl (C=O) groups is 4. The van der Waals surface area contributed by atoms with Crippen LogP contribution < -0.4 is 9.64 Å². The van der Waals surface area contributed by atoms with Gasteiger partial charge in [-0.3, -0.25) is 19.2 Å². The highest BCUT2D eigenvalue weighted by molar-refractivity contribution is 9.10. The number of hydrogen-bond acceptors (Lipinski definition) is 6. The number of anilines is 1. The van der Waals surface area contributed by atoms with Crippen LogP contribution in [-0.2, 0) is 9.59 Å². The lowest BCUT2D eigenvalue weighted by molar-refractivity contribution is -0.123. The van der Waals surface area contributed by atoms with Crippen LogP contribution in [0.5, 0.6) is 5.75 Å². The summed E-state index contributed by atoms with van der Waals surface area (Å²) in [7, 11) is 1.51. The van der Waals surface area contributed by atoms with Crippen LogP contribution in [0.3, 0.4) is 0 Å². The molecule has 0 spiro atoms. The normalized spacial score (nSPS) is 23.1. The summed E-state index contributed by atoms with van der Waals surface area (Å²) < 4.78 is 20.6. The summed E-state index contributed by atoms with van der Waals surface area (Å²) in [6, 6.07) is 17.3. The quantitative estimate of drug-likeness (QED) is 0.293. The fourth-order valence-corrected chi connectivity index (χ4v) is 6.36. The summed E-state index contributed by atoms with van der Waals surface area (Å²) >= 11 is 3.40. The monoisotopic (exact) mass is 600 g/mol. The van der Waals surface area contributed by atoms with Gasteiger partial charge in [0.05, 0.1) is 35.1 Å². The molecule has 4 atom stereocenters. The van der Waals surface area contributed by atoms with Crippen LogP contribution in [0, 0.1) is 17.7 Å². The van der Waals surface area contributed by atoms with Crippen LogP contribution >= 0.6 is 15.9 Å². The van der Waals surface area contributed by atoms with Crippen molar-refractivity contribution in [3.63, 3.8) is 0 Å². The van der Waals surface area contributed by atoms with E-state index in [4.69, 9.17) is 4.74 Å². The Labute approximate surface area is 237 Å². The number of benzene rings is 3. The first-order valence-corrected chi connectivity index (χ1v) is 13.4. The topological polar surface area (TPSA) is 84.0 Å². The number of nitrogens with zero attached hydrogens (tertiary/aromatic N) is 2. The number of rotatable bonds is 6. The number of halogens is 2. The van der Waals surface area contributed by atoms with E-state index in [0.29, 0.717) is 26.9 Å². The largest absolute Gasteiger partial charge is 0.496 e. The van der Waals surface area contributed by atoms with E-state index in [1.54, 1.807) is 71.8 Å². The van der Waals surface area contributed by atoms with Crippen molar-refractivity contribution in [3.05, 3.63) is 118 Å². The first-order valence-electron chi connectivity index (χ1n) is 12.6. The molecule has 2 saturated heterocycles. The zero-order chi connectivity index (χ0) is 28.1. The maximum Gasteiger partial charge on any atom is 0.240 e. The summed E-state index contributed by atoms with van der Waals surface area (Å²) in [6.45, 7) is 0. The molecule has 2 fully saturated rings. The molecule has 3 aliphatic heterocycles. The predicted molar refractivity (Wildman–Crippen MR) is 148 cm³/mol. The highest BCUT2D eigenvalue weighted by atomic mass is 79.9. The summed E-state index contributed by atoms with van der Waals surface area (Å²) in [4.78, 5) is 57.5. The minimum Gasteiger partial charge on any atom is -0.496 e. The number of Topliss-reactive ketones (excluding diaryl/α,β-unsaturated/α-hetero) is 2. The van der Waals surface area contributed by atoms with Crippen LogP contribution in [0.4, 0.5) is 10.1 Å².